The molecule has 0 spiro atoms. The Morgan fingerprint density at radius 2 is 1.89 bits per heavy atom. The van der Waals surface area contributed by atoms with Crippen LogP contribution in [0.1, 0.15) is 27.7 Å². The number of benzene rings is 1. The van der Waals surface area contributed by atoms with Crippen LogP contribution >= 0.6 is 0 Å². The van der Waals surface area contributed by atoms with Gasteiger partial charge in [-0.15, -0.1) is 0 Å². The van der Waals surface area contributed by atoms with Gasteiger partial charge in [-0.25, -0.2) is 33.2 Å². The topological polar surface area (TPSA) is 108 Å². The normalized spacial score (nSPS) is 16.2. The van der Waals surface area contributed by atoms with Gasteiger partial charge >= 0.3 is 11.8 Å². The average molecular weight is 514 g/mol. The fourth-order valence-electron chi connectivity index (χ4n) is 4.08. The van der Waals surface area contributed by atoms with E-state index in [4.69, 9.17) is 9.47 Å². The predicted octanol–water partition coefficient (Wildman–Crippen LogP) is 2.72. The number of hydrogen-bond donors (Lipinski definition) is 0. The summed E-state index contributed by atoms with van der Waals surface area (Å²) in [6.07, 6.45) is 4.24. The van der Waals surface area contributed by atoms with Crippen LogP contribution in [0.3, 0.4) is 0 Å². The monoisotopic (exact) mass is 513 g/mol. The molecule has 0 radical (unpaired) electrons. The molecule has 12 heteroatoms. The fourth-order valence-corrected chi connectivity index (χ4v) is 4.08. The molecule has 3 aromatic rings. The fraction of sp³-hybridized carbons (Fsp3) is 0.480. The average Bonchev–Trinajstić information content (AvgIpc) is 3.21. The minimum absolute atomic E-state index is 0.00744. The summed E-state index contributed by atoms with van der Waals surface area (Å²) in [5.41, 5.74) is 0.326. The molecule has 1 aromatic carbocycles. The Balaban J connectivity index is 1.45. The van der Waals surface area contributed by atoms with Gasteiger partial charge in [0.05, 0.1) is 18.8 Å². The van der Waals surface area contributed by atoms with E-state index in [1.165, 1.54) is 30.3 Å². The Morgan fingerprint density at radius 3 is 2.51 bits per heavy atom. The van der Waals surface area contributed by atoms with E-state index in [-0.39, 0.29) is 24.4 Å². The number of halogens is 1. The molecule has 1 saturated heterocycles. The predicted molar refractivity (Wildman–Crippen MR) is 135 cm³/mol. The summed E-state index contributed by atoms with van der Waals surface area (Å²) in [6, 6.07) is 4.57. The number of rotatable bonds is 6. The van der Waals surface area contributed by atoms with Crippen molar-refractivity contribution in [3.05, 3.63) is 53.2 Å². The maximum Gasteiger partial charge on any atom is 0.410 e. The van der Waals surface area contributed by atoms with Crippen LogP contribution in [-0.2, 0) is 16.0 Å². The van der Waals surface area contributed by atoms with Crippen molar-refractivity contribution in [2.75, 3.05) is 38.3 Å². The first kappa shape index (κ1) is 26.3. The quantitative estimate of drug-likeness (QED) is 0.495. The van der Waals surface area contributed by atoms with Gasteiger partial charge in [0.25, 0.3) is 0 Å². The summed E-state index contributed by atoms with van der Waals surface area (Å²) in [6.45, 7) is 9.70. The van der Waals surface area contributed by atoms with E-state index in [0.717, 1.165) is 4.57 Å². The van der Waals surface area contributed by atoms with E-state index < -0.39 is 17.1 Å². The molecular formula is C25H32FN7O4. The van der Waals surface area contributed by atoms with Gasteiger partial charge in [-0.2, -0.15) is 5.10 Å². The van der Waals surface area contributed by atoms with Crippen molar-refractivity contribution in [2.24, 2.45) is 0 Å². The largest absolute Gasteiger partial charge is 0.444 e. The zero-order chi connectivity index (χ0) is 26.7. The minimum atomic E-state index is -0.568. The number of ether oxygens (including phenoxy) is 2. The molecule has 1 aliphatic rings. The van der Waals surface area contributed by atoms with E-state index in [1.54, 1.807) is 23.4 Å². The Hall–Kier alpha value is -3.80. The lowest BCUT2D eigenvalue weighted by Gasteiger charge is -2.40. The van der Waals surface area contributed by atoms with Crippen LogP contribution in [0.25, 0.3) is 16.8 Å². The molecule has 1 aliphatic heterocycles. The maximum atomic E-state index is 15.0. The Kier molecular flexibility index (Phi) is 7.58. The van der Waals surface area contributed by atoms with Gasteiger partial charge in [-0.1, -0.05) is 6.07 Å². The van der Waals surface area contributed by atoms with E-state index in [2.05, 4.69) is 15.1 Å². The van der Waals surface area contributed by atoms with Crippen molar-refractivity contribution in [2.45, 2.75) is 45.9 Å². The van der Waals surface area contributed by atoms with Crippen molar-refractivity contribution < 1.29 is 18.7 Å². The van der Waals surface area contributed by atoms with Gasteiger partial charge in [-0.3, -0.25) is 0 Å². The maximum absolute atomic E-state index is 15.0. The lowest BCUT2D eigenvalue weighted by Crippen LogP contribution is -2.55. The molecule has 2 aromatic heterocycles. The minimum Gasteiger partial charge on any atom is -0.444 e. The van der Waals surface area contributed by atoms with Crippen LogP contribution in [-0.4, -0.2) is 80.3 Å². The Labute approximate surface area is 214 Å². The van der Waals surface area contributed by atoms with Gasteiger partial charge in [0.15, 0.2) is 0 Å². The van der Waals surface area contributed by atoms with Crippen LogP contribution in [0.5, 0.6) is 0 Å². The number of hydrogen-bond acceptors (Lipinski definition) is 8. The zero-order valence-corrected chi connectivity index (χ0v) is 21.7. The van der Waals surface area contributed by atoms with Gasteiger partial charge in [-0.05, 0) is 45.4 Å². The van der Waals surface area contributed by atoms with Crippen molar-refractivity contribution in [1.29, 1.82) is 0 Å². The lowest BCUT2D eigenvalue weighted by molar-refractivity contribution is 0.0218. The van der Waals surface area contributed by atoms with Crippen LogP contribution in [0, 0.1) is 5.82 Å². The van der Waals surface area contributed by atoms with Gasteiger partial charge in [0, 0.05) is 50.7 Å². The first-order chi connectivity index (χ1) is 17.6. The molecule has 4 rings (SSSR count). The molecule has 198 valence electrons. The SMILES string of the molecule is COCCn1ncn(-c2ccc(-c3cnc(N4CCN(C(=O)OC(C)(C)C)CC4C)nc3)cc2F)c1=O. The number of carbonyl (C=O) groups is 1. The molecule has 11 nitrogen and oxygen atoms in total. The summed E-state index contributed by atoms with van der Waals surface area (Å²) < 4.78 is 27.8. The van der Waals surface area contributed by atoms with E-state index in [0.29, 0.717) is 43.3 Å². The Bertz CT molecular complexity index is 1300. The molecule has 37 heavy (non-hydrogen) atoms. The molecule has 1 amide bonds. The summed E-state index contributed by atoms with van der Waals surface area (Å²) in [4.78, 5) is 37.6. The molecule has 0 saturated carbocycles. The highest BCUT2D eigenvalue weighted by molar-refractivity contribution is 5.69. The third-order valence-corrected chi connectivity index (χ3v) is 5.96. The van der Waals surface area contributed by atoms with Crippen LogP contribution in [0.15, 0.2) is 41.7 Å². The molecule has 3 heterocycles. The summed E-state index contributed by atoms with van der Waals surface area (Å²) in [5, 5.41) is 4.01. The first-order valence-electron chi connectivity index (χ1n) is 12.1. The number of anilines is 1. The zero-order valence-electron chi connectivity index (χ0n) is 21.7. The van der Waals surface area contributed by atoms with Crippen molar-refractivity contribution in [3.8, 4) is 16.8 Å². The molecular weight excluding hydrogens is 481 g/mol. The summed E-state index contributed by atoms with van der Waals surface area (Å²) in [5.74, 6) is -0.0333. The third kappa shape index (κ3) is 5.96. The Morgan fingerprint density at radius 1 is 1.16 bits per heavy atom. The van der Waals surface area contributed by atoms with Crippen LogP contribution in [0.2, 0.25) is 0 Å². The lowest BCUT2D eigenvalue weighted by atomic mass is 10.1. The summed E-state index contributed by atoms with van der Waals surface area (Å²) in [7, 11) is 1.53. The van der Waals surface area contributed by atoms with Crippen LogP contribution < -0.4 is 10.6 Å². The third-order valence-electron chi connectivity index (χ3n) is 5.96. The number of aromatic nitrogens is 5. The van der Waals surface area contributed by atoms with Crippen molar-refractivity contribution >= 4 is 12.0 Å². The molecule has 0 aliphatic carbocycles. The number of piperazine rings is 1. The highest BCUT2D eigenvalue weighted by Crippen LogP contribution is 2.24. The number of carbonyl (C=O) groups excluding carboxylic acids is 1. The van der Waals surface area contributed by atoms with Gasteiger partial charge in [0.2, 0.25) is 5.95 Å². The van der Waals surface area contributed by atoms with E-state index in [9.17, 15) is 14.0 Å². The molecule has 1 fully saturated rings. The number of methoxy groups -OCH3 is 1. The standard InChI is InChI=1S/C25H32FN7O4/c1-17-15-30(24(35)37-25(2,3)4)8-9-31(17)22-27-13-19(14-28-22)18-6-7-21(20(26)12-18)32-16-29-33(23(32)34)10-11-36-5/h6-7,12-14,16-17H,8-11,15H2,1-5H3. The molecule has 1 atom stereocenters. The number of nitrogens with zero attached hydrogens (tertiary/aromatic N) is 7. The summed E-state index contributed by atoms with van der Waals surface area (Å²) >= 11 is 0. The molecule has 0 N–H and O–H groups in total. The highest BCUT2D eigenvalue weighted by atomic mass is 19.1. The van der Waals surface area contributed by atoms with E-state index >= 15 is 0 Å². The van der Waals surface area contributed by atoms with Crippen LogP contribution in [0.4, 0.5) is 15.1 Å². The molecule has 1 unspecified atom stereocenters. The van der Waals surface area contributed by atoms with Gasteiger partial charge < -0.3 is 19.3 Å². The second-order valence-electron chi connectivity index (χ2n) is 9.91. The highest BCUT2D eigenvalue weighted by Gasteiger charge is 2.31. The second kappa shape index (κ2) is 10.7. The number of amides is 1. The second-order valence-corrected chi connectivity index (χ2v) is 9.91. The van der Waals surface area contributed by atoms with Crippen molar-refractivity contribution in [1.82, 2.24) is 29.2 Å². The molecule has 0 bridgehead atoms. The van der Waals surface area contributed by atoms with E-state index in [1.807, 2.05) is 32.6 Å². The van der Waals surface area contributed by atoms with Gasteiger partial charge in [0.1, 0.15) is 17.7 Å². The van der Waals surface area contributed by atoms with Crippen molar-refractivity contribution in [3.63, 3.8) is 0 Å². The first-order valence-corrected chi connectivity index (χ1v) is 12.1. The smallest absolute Gasteiger partial charge is 0.410 e.